The highest BCUT2D eigenvalue weighted by atomic mass is 32.1. The van der Waals surface area contributed by atoms with Crippen molar-refractivity contribution in [1.29, 1.82) is 0 Å². The minimum Gasteiger partial charge on any atom is -0.410 e. The van der Waals surface area contributed by atoms with Gasteiger partial charge in [0.2, 0.25) is 0 Å². The highest BCUT2D eigenvalue weighted by molar-refractivity contribution is 7.25. The van der Waals surface area contributed by atoms with Crippen LogP contribution >= 0.6 is 11.3 Å². The molecule has 28 heavy (non-hydrogen) atoms. The third kappa shape index (κ3) is 3.62. The Kier molecular flexibility index (Phi) is 5.32. The highest BCUT2D eigenvalue weighted by Crippen LogP contribution is 2.41. The van der Waals surface area contributed by atoms with Gasteiger partial charge in [-0.25, -0.2) is 14.8 Å². The summed E-state index contributed by atoms with van der Waals surface area (Å²) in [6, 6.07) is 6.75. The van der Waals surface area contributed by atoms with Crippen molar-refractivity contribution in [2.45, 2.75) is 37.8 Å². The second-order valence-corrected chi connectivity index (χ2v) is 8.42. The predicted molar refractivity (Wildman–Crippen MR) is 113 cm³/mol. The minimum atomic E-state index is -0.486. The zero-order valence-corrected chi connectivity index (χ0v) is 17.2. The summed E-state index contributed by atoms with van der Waals surface area (Å²) in [6.07, 6.45) is 5.68. The van der Waals surface area contributed by atoms with Crippen molar-refractivity contribution in [2.24, 2.45) is 0 Å². The molecule has 2 aromatic heterocycles. The summed E-state index contributed by atoms with van der Waals surface area (Å²) in [5.41, 5.74) is 0. The molecule has 7 nitrogen and oxygen atoms in total. The van der Waals surface area contributed by atoms with Crippen molar-refractivity contribution in [1.82, 2.24) is 20.2 Å². The molecule has 0 aliphatic heterocycles. The topological polar surface area (TPSA) is 79.4 Å². The van der Waals surface area contributed by atoms with Gasteiger partial charge in [0, 0.05) is 29.2 Å². The Morgan fingerprint density at radius 1 is 1.18 bits per heavy atom. The Bertz CT molecular complexity index is 995. The molecule has 0 bridgehead atoms. The van der Waals surface area contributed by atoms with Crippen LogP contribution in [0.3, 0.4) is 0 Å². The highest BCUT2D eigenvalue weighted by Gasteiger charge is 2.24. The average molecular weight is 400 g/mol. The van der Waals surface area contributed by atoms with E-state index < -0.39 is 6.09 Å². The van der Waals surface area contributed by atoms with Crippen LogP contribution in [0.5, 0.6) is 5.75 Å². The van der Waals surface area contributed by atoms with Gasteiger partial charge in [0.15, 0.2) is 0 Å². The quantitative estimate of drug-likeness (QED) is 0.694. The maximum atomic E-state index is 11.8. The molecule has 8 heteroatoms. The number of benzene rings is 1. The molecule has 4 rings (SSSR count). The first-order chi connectivity index (χ1) is 13.6. The molecular weight excluding hydrogens is 374 g/mol. The number of carbonyl (C=O) groups excluding carboxylic acids is 1. The van der Waals surface area contributed by atoms with Gasteiger partial charge in [-0.2, -0.15) is 0 Å². The van der Waals surface area contributed by atoms with Crippen LogP contribution in [0.15, 0.2) is 24.5 Å². The van der Waals surface area contributed by atoms with E-state index in [1.54, 1.807) is 24.7 Å². The van der Waals surface area contributed by atoms with Crippen molar-refractivity contribution in [3.8, 4) is 5.75 Å². The van der Waals surface area contributed by atoms with E-state index in [4.69, 9.17) is 4.74 Å². The van der Waals surface area contributed by atoms with Gasteiger partial charge >= 0.3 is 6.09 Å². The fraction of sp³-hybridized carbons (Fsp3) is 0.450. The molecule has 0 atom stereocenters. The SMILES string of the molecule is CNC(=O)Oc1cccc2sc3ncnc(NC4CCC(N(C)C)CC4)c3c12. The molecule has 0 saturated heterocycles. The third-order valence-corrected chi connectivity index (χ3v) is 6.49. The second kappa shape index (κ2) is 7.89. The number of amides is 1. The predicted octanol–water partition coefficient (Wildman–Crippen LogP) is 3.85. The number of hydrogen-bond donors (Lipinski definition) is 2. The Hall–Kier alpha value is -2.45. The number of anilines is 1. The molecule has 1 aliphatic rings. The van der Waals surface area contributed by atoms with Crippen LogP contribution in [-0.2, 0) is 0 Å². The van der Waals surface area contributed by atoms with Crippen LogP contribution in [0.1, 0.15) is 25.7 Å². The lowest BCUT2D eigenvalue weighted by molar-refractivity contribution is 0.203. The van der Waals surface area contributed by atoms with Crippen LogP contribution in [0.25, 0.3) is 20.3 Å². The Morgan fingerprint density at radius 2 is 1.96 bits per heavy atom. The summed E-state index contributed by atoms with van der Waals surface area (Å²) >= 11 is 1.58. The number of nitrogens with zero attached hydrogens (tertiary/aromatic N) is 3. The van der Waals surface area contributed by atoms with Gasteiger partial charge in [0.05, 0.1) is 5.39 Å². The van der Waals surface area contributed by atoms with E-state index in [1.165, 1.54) is 12.8 Å². The van der Waals surface area contributed by atoms with E-state index in [9.17, 15) is 4.79 Å². The fourth-order valence-corrected chi connectivity index (χ4v) is 4.95. The first-order valence-electron chi connectivity index (χ1n) is 9.55. The van der Waals surface area contributed by atoms with Crippen LogP contribution < -0.4 is 15.4 Å². The van der Waals surface area contributed by atoms with Crippen molar-refractivity contribution in [3.05, 3.63) is 24.5 Å². The van der Waals surface area contributed by atoms with Gasteiger partial charge in [-0.1, -0.05) is 6.07 Å². The number of thiophene rings is 1. The minimum absolute atomic E-state index is 0.385. The summed E-state index contributed by atoms with van der Waals surface area (Å²) in [6.45, 7) is 0. The molecule has 1 aliphatic carbocycles. The van der Waals surface area contributed by atoms with E-state index in [0.29, 0.717) is 17.8 Å². The van der Waals surface area contributed by atoms with Crippen molar-refractivity contribution >= 4 is 43.6 Å². The summed E-state index contributed by atoms with van der Waals surface area (Å²) in [7, 11) is 5.85. The number of fused-ring (bicyclic) bond motifs is 3. The summed E-state index contributed by atoms with van der Waals surface area (Å²) in [5, 5.41) is 7.95. The third-order valence-electron chi connectivity index (χ3n) is 5.43. The molecular formula is C20H25N5O2S. The summed E-state index contributed by atoms with van der Waals surface area (Å²) < 4.78 is 6.52. The van der Waals surface area contributed by atoms with Gasteiger partial charge in [-0.3, -0.25) is 0 Å². The monoisotopic (exact) mass is 399 g/mol. The van der Waals surface area contributed by atoms with E-state index in [2.05, 4.69) is 39.6 Å². The molecule has 1 saturated carbocycles. The van der Waals surface area contributed by atoms with Gasteiger partial charge in [0.25, 0.3) is 0 Å². The molecule has 148 valence electrons. The number of carbonyl (C=O) groups is 1. The first kappa shape index (κ1) is 18.9. The number of aromatic nitrogens is 2. The number of ether oxygens (including phenoxy) is 1. The number of nitrogens with one attached hydrogen (secondary N) is 2. The molecule has 0 radical (unpaired) electrons. The lowest BCUT2D eigenvalue weighted by Crippen LogP contribution is -2.36. The molecule has 0 spiro atoms. The lowest BCUT2D eigenvalue weighted by atomic mass is 9.90. The second-order valence-electron chi connectivity index (χ2n) is 7.39. The van der Waals surface area contributed by atoms with Crippen molar-refractivity contribution in [2.75, 3.05) is 26.5 Å². The largest absolute Gasteiger partial charge is 0.412 e. The van der Waals surface area contributed by atoms with Crippen molar-refractivity contribution in [3.63, 3.8) is 0 Å². The summed E-state index contributed by atoms with van der Waals surface area (Å²) in [4.78, 5) is 24.0. The standard InChI is InChI=1S/C20H25N5O2S/c1-21-20(26)27-14-5-4-6-15-16(14)17-18(22-11-23-19(17)28-15)24-12-7-9-13(10-8-12)25(2)3/h4-6,11-13H,7-10H2,1-3H3,(H,21,26)(H,22,23,24). The van der Waals surface area contributed by atoms with E-state index in [-0.39, 0.29) is 0 Å². The van der Waals surface area contributed by atoms with Gasteiger partial charge in [-0.05, 0) is 51.9 Å². The van der Waals surface area contributed by atoms with Gasteiger partial charge < -0.3 is 20.3 Å². The smallest absolute Gasteiger partial charge is 0.410 e. The Balaban J connectivity index is 1.69. The van der Waals surface area contributed by atoms with Crippen LogP contribution in [0, 0.1) is 0 Å². The average Bonchev–Trinajstić information content (AvgIpc) is 3.09. The van der Waals surface area contributed by atoms with E-state index in [0.717, 1.165) is 39.0 Å². The number of hydrogen-bond acceptors (Lipinski definition) is 7. The fourth-order valence-electron chi connectivity index (χ4n) is 3.89. The van der Waals surface area contributed by atoms with Gasteiger partial charge in [0.1, 0.15) is 22.7 Å². The first-order valence-corrected chi connectivity index (χ1v) is 10.4. The molecule has 1 fully saturated rings. The zero-order valence-electron chi connectivity index (χ0n) is 16.4. The van der Waals surface area contributed by atoms with E-state index >= 15 is 0 Å². The van der Waals surface area contributed by atoms with Gasteiger partial charge in [-0.15, -0.1) is 11.3 Å². The molecule has 2 heterocycles. The van der Waals surface area contributed by atoms with Crippen LogP contribution in [-0.4, -0.2) is 54.2 Å². The number of rotatable bonds is 4. The summed E-state index contributed by atoms with van der Waals surface area (Å²) in [5.74, 6) is 1.34. The van der Waals surface area contributed by atoms with Crippen LogP contribution in [0.4, 0.5) is 10.6 Å². The molecule has 2 N–H and O–H groups in total. The Morgan fingerprint density at radius 3 is 2.68 bits per heavy atom. The maximum absolute atomic E-state index is 11.8. The maximum Gasteiger partial charge on any atom is 0.412 e. The normalized spacial score (nSPS) is 19.9. The van der Waals surface area contributed by atoms with Crippen molar-refractivity contribution < 1.29 is 9.53 Å². The Labute approximate surface area is 168 Å². The van der Waals surface area contributed by atoms with Crippen LogP contribution in [0.2, 0.25) is 0 Å². The zero-order chi connectivity index (χ0) is 19.7. The molecule has 1 aromatic carbocycles. The molecule has 1 amide bonds. The lowest BCUT2D eigenvalue weighted by Gasteiger charge is -2.33. The molecule has 0 unspecified atom stereocenters. The molecule has 3 aromatic rings. The van der Waals surface area contributed by atoms with E-state index in [1.807, 2.05) is 18.2 Å².